The van der Waals surface area contributed by atoms with Gasteiger partial charge in [0.05, 0.1) is 10.2 Å². The molecule has 6 heteroatoms. The van der Waals surface area contributed by atoms with Gasteiger partial charge in [0.1, 0.15) is 6.54 Å². The number of benzene rings is 1. The van der Waals surface area contributed by atoms with E-state index < -0.39 is 10.0 Å². The van der Waals surface area contributed by atoms with Crippen LogP contribution in [0.5, 0.6) is 0 Å². The second kappa shape index (κ2) is 4.77. The van der Waals surface area contributed by atoms with Gasteiger partial charge in [-0.05, 0) is 19.1 Å². The highest BCUT2D eigenvalue weighted by atomic mass is 32.2. The Bertz CT molecular complexity index is 514. The van der Waals surface area contributed by atoms with Gasteiger partial charge < -0.3 is 0 Å². The summed E-state index contributed by atoms with van der Waals surface area (Å²) in [5.74, 6) is 2.06. The van der Waals surface area contributed by atoms with Crippen molar-refractivity contribution in [3.63, 3.8) is 0 Å². The lowest BCUT2D eigenvalue weighted by molar-refractivity contribution is 0.463. The van der Waals surface area contributed by atoms with E-state index >= 15 is 0 Å². The van der Waals surface area contributed by atoms with E-state index in [9.17, 15) is 13.3 Å². The third-order valence-corrected chi connectivity index (χ3v) is 3.53. The van der Waals surface area contributed by atoms with Crippen LogP contribution in [0.3, 0.4) is 0 Å². The van der Waals surface area contributed by atoms with Crippen LogP contribution in [0.25, 0.3) is 0 Å². The van der Waals surface area contributed by atoms with Gasteiger partial charge >= 0.3 is 0 Å². The number of sulfonamides is 1. The number of hydrogen-bond donors (Lipinski definition) is 0. The third-order valence-electron chi connectivity index (χ3n) is 1.91. The molecule has 16 heavy (non-hydrogen) atoms. The number of nitrogens with zero attached hydrogens (tertiary/aromatic N) is 2. The van der Waals surface area contributed by atoms with Crippen LogP contribution in [0.15, 0.2) is 34.4 Å². The molecule has 0 spiro atoms. The molecule has 0 atom stereocenters. The van der Waals surface area contributed by atoms with Crippen molar-refractivity contribution in [3.05, 3.63) is 34.7 Å². The highest BCUT2D eigenvalue weighted by molar-refractivity contribution is 7.89. The highest BCUT2D eigenvalue weighted by Crippen LogP contribution is 2.16. The first-order valence-corrected chi connectivity index (χ1v) is 5.82. The lowest BCUT2D eigenvalue weighted by atomic mass is 10.2. The molecule has 0 N–H and O–H groups in total. The summed E-state index contributed by atoms with van der Waals surface area (Å²) in [5.41, 5.74) is 0.918. The van der Waals surface area contributed by atoms with Gasteiger partial charge in [0.2, 0.25) is 0 Å². The molecule has 0 heterocycles. The van der Waals surface area contributed by atoms with Gasteiger partial charge in [-0.1, -0.05) is 23.6 Å². The van der Waals surface area contributed by atoms with E-state index in [1.807, 2.05) is 6.92 Å². The van der Waals surface area contributed by atoms with Crippen molar-refractivity contribution in [3.8, 4) is 12.3 Å². The number of terminal acetylenes is 1. The minimum absolute atomic E-state index is 0.00653. The Kier molecular flexibility index (Phi) is 3.64. The molecule has 0 saturated heterocycles. The van der Waals surface area contributed by atoms with E-state index in [0.717, 1.165) is 5.56 Å². The molecule has 0 saturated carbocycles. The largest absolute Gasteiger partial charge is 0.282 e. The van der Waals surface area contributed by atoms with Crippen LogP contribution >= 0.6 is 0 Å². The van der Waals surface area contributed by atoms with E-state index in [2.05, 4.69) is 11.2 Å². The van der Waals surface area contributed by atoms with E-state index in [1.54, 1.807) is 12.1 Å². The van der Waals surface area contributed by atoms with Gasteiger partial charge in [-0.2, -0.15) is 8.42 Å². The molecule has 0 bridgehead atoms. The summed E-state index contributed by atoms with van der Waals surface area (Å²) in [7, 11) is -3.92. The minimum atomic E-state index is -3.92. The zero-order valence-electron chi connectivity index (χ0n) is 8.62. The van der Waals surface area contributed by atoms with Crippen LogP contribution in [0, 0.1) is 24.2 Å². The molecule has 0 aromatic heterocycles. The highest BCUT2D eigenvalue weighted by Gasteiger charge is 2.23. The van der Waals surface area contributed by atoms with Gasteiger partial charge in [-0.15, -0.1) is 15.7 Å². The molecule has 1 aromatic rings. The molecule has 0 aliphatic heterocycles. The average molecular weight is 238 g/mol. The van der Waals surface area contributed by atoms with Crippen molar-refractivity contribution in [2.75, 3.05) is 6.54 Å². The average Bonchev–Trinajstić information content (AvgIpc) is 2.26. The molecule has 0 radical (unpaired) electrons. The van der Waals surface area contributed by atoms with Crippen LogP contribution in [-0.4, -0.2) is 19.4 Å². The van der Waals surface area contributed by atoms with Crippen molar-refractivity contribution in [2.45, 2.75) is 11.8 Å². The Morgan fingerprint density at radius 3 is 2.38 bits per heavy atom. The lowest BCUT2D eigenvalue weighted by Gasteiger charge is -2.12. The fourth-order valence-electron chi connectivity index (χ4n) is 1.07. The zero-order chi connectivity index (χ0) is 12.2. The predicted molar refractivity (Wildman–Crippen MR) is 59.7 cm³/mol. The predicted octanol–water partition coefficient (Wildman–Crippen LogP) is 1.30. The molecule has 0 fully saturated rings. The smallest absolute Gasteiger partial charge is 0.199 e. The van der Waals surface area contributed by atoms with Gasteiger partial charge in [0.15, 0.2) is 0 Å². The van der Waals surface area contributed by atoms with E-state index in [0.29, 0.717) is 4.41 Å². The minimum Gasteiger partial charge on any atom is -0.199 e. The third kappa shape index (κ3) is 2.38. The summed E-state index contributed by atoms with van der Waals surface area (Å²) in [5, 5.41) is 2.40. The Morgan fingerprint density at radius 1 is 1.38 bits per heavy atom. The second-order valence-electron chi connectivity index (χ2n) is 3.08. The Balaban J connectivity index is 3.15. The SMILES string of the molecule is C#CCN(N=O)S(=O)(=O)c1ccc(C)cc1. The quantitative estimate of drug-likeness (QED) is 0.451. The maximum absolute atomic E-state index is 11.8. The van der Waals surface area contributed by atoms with Gasteiger partial charge in [-0.25, -0.2) is 0 Å². The molecule has 1 rings (SSSR count). The Labute approximate surface area is 94.1 Å². The summed E-state index contributed by atoms with van der Waals surface area (Å²) >= 11 is 0. The van der Waals surface area contributed by atoms with Crippen molar-refractivity contribution >= 4 is 10.0 Å². The molecule has 0 aliphatic rings. The maximum Gasteiger partial charge on any atom is 0.282 e. The summed E-state index contributed by atoms with van der Waals surface area (Å²) in [4.78, 5) is 10.4. The fraction of sp³-hybridized carbons (Fsp3) is 0.200. The van der Waals surface area contributed by atoms with E-state index in [1.165, 1.54) is 12.1 Å². The first-order valence-electron chi connectivity index (χ1n) is 4.38. The summed E-state index contributed by atoms with van der Waals surface area (Å²) in [6, 6.07) is 6.07. The topological polar surface area (TPSA) is 66.8 Å². The standard InChI is InChI=1S/C10H10N2O3S/c1-3-8-12(11-13)16(14,15)10-6-4-9(2)5-7-10/h1,4-7H,8H2,2H3. The molecule has 1 aromatic carbocycles. The van der Waals surface area contributed by atoms with Crippen LogP contribution in [0.4, 0.5) is 0 Å². The zero-order valence-corrected chi connectivity index (χ0v) is 9.44. The molecule has 0 unspecified atom stereocenters. The van der Waals surface area contributed by atoms with E-state index in [-0.39, 0.29) is 11.4 Å². The first-order chi connectivity index (χ1) is 7.52. The van der Waals surface area contributed by atoms with E-state index in [4.69, 9.17) is 6.42 Å². The van der Waals surface area contributed by atoms with Gasteiger partial charge in [0.25, 0.3) is 10.0 Å². The second-order valence-corrected chi connectivity index (χ2v) is 4.93. The molecule has 0 aliphatic carbocycles. The normalized spacial score (nSPS) is 10.5. The Hall–Kier alpha value is -1.87. The van der Waals surface area contributed by atoms with Crippen LogP contribution in [0.1, 0.15) is 5.56 Å². The summed E-state index contributed by atoms with van der Waals surface area (Å²) in [6.07, 6.45) is 4.95. The number of nitroso groups, excluding NO2 is 1. The monoisotopic (exact) mass is 238 g/mol. The van der Waals surface area contributed by atoms with Crippen molar-refractivity contribution in [1.82, 2.24) is 4.41 Å². The van der Waals surface area contributed by atoms with Crippen LogP contribution < -0.4 is 0 Å². The van der Waals surface area contributed by atoms with Crippen molar-refractivity contribution in [1.29, 1.82) is 0 Å². The maximum atomic E-state index is 11.8. The molecule has 0 amide bonds. The number of rotatable bonds is 4. The van der Waals surface area contributed by atoms with Crippen molar-refractivity contribution in [2.24, 2.45) is 5.29 Å². The van der Waals surface area contributed by atoms with Gasteiger partial charge in [0, 0.05) is 0 Å². The molecule has 5 nitrogen and oxygen atoms in total. The summed E-state index contributed by atoms with van der Waals surface area (Å²) < 4.78 is 23.9. The van der Waals surface area contributed by atoms with Crippen LogP contribution in [0.2, 0.25) is 0 Å². The first kappa shape index (κ1) is 12.2. The fourth-order valence-corrected chi connectivity index (χ4v) is 2.12. The number of aryl methyl sites for hydroxylation is 1. The van der Waals surface area contributed by atoms with Crippen molar-refractivity contribution < 1.29 is 8.42 Å². The van der Waals surface area contributed by atoms with Crippen LogP contribution in [-0.2, 0) is 10.0 Å². The number of hydrogen-bond acceptors (Lipinski definition) is 4. The molecule has 84 valence electrons. The molecular formula is C10H10N2O3S. The lowest BCUT2D eigenvalue weighted by Crippen LogP contribution is -2.25. The molecular weight excluding hydrogens is 228 g/mol. The summed E-state index contributed by atoms with van der Waals surface area (Å²) in [6.45, 7) is 1.45. The van der Waals surface area contributed by atoms with Gasteiger partial charge in [-0.3, -0.25) is 0 Å². The Morgan fingerprint density at radius 2 is 1.94 bits per heavy atom.